The van der Waals surface area contributed by atoms with Crippen LogP contribution in [0.1, 0.15) is 26.5 Å². The molecule has 152 valence electrons. The van der Waals surface area contributed by atoms with Gasteiger partial charge in [-0.15, -0.1) is 11.3 Å². The van der Waals surface area contributed by atoms with E-state index in [4.69, 9.17) is 10.1 Å². The number of ether oxygens (including phenoxy) is 1. The summed E-state index contributed by atoms with van der Waals surface area (Å²) in [6.45, 7) is 4.32. The summed E-state index contributed by atoms with van der Waals surface area (Å²) in [7, 11) is 1.33. The van der Waals surface area contributed by atoms with Gasteiger partial charge in [-0.25, -0.2) is 9.78 Å². The fourth-order valence-corrected chi connectivity index (χ4v) is 4.24. The van der Waals surface area contributed by atoms with Gasteiger partial charge in [0.2, 0.25) is 0 Å². The fraction of sp³-hybridized carbons (Fsp3) is 0.174. The Balaban J connectivity index is 1.59. The minimum absolute atomic E-state index is 0.109. The van der Waals surface area contributed by atoms with E-state index in [1.807, 2.05) is 11.4 Å². The van der Waals surface area contributed by atoms with Crippen LogP contribution < -0.4 is 4.90 Å². The number of aliphatic hydroxyl groups is 1. The van der Waals surface area contributed by atoms with E-state index in [2.05, 4.69) is 31.0 Å². The van der Waals surface area contributed by atoms with Gasteiger partial charge in [0, 0.05) is 16.6 Å². The minimum atomic E-state index is -0.415. The second-order valence-corrected chi connectivity index (χ2v) is 7.99. The number of aryl methyl sites for hydroxylation is 2. The number of nitrogens with zero attached hydrogens (tertiary/aromatic N) is 2. The summed E-state index contributed by atoms with van der Waals surface area (Å²) in [6.07, 6.45) is 0. The molecule has 1 aliphatic rings. The monoisotopic (exact) mass is 419 g/mol. The first-order valence-corrected chi connectivity index (χ1v) is 10.3. The highest BCUT2D eigenvalue weighted by molar-refractivity contribution is 7.11. The van der Waals surface area contributed by atoms with Crippen LogP contribution >= 0.6 is 11.3 Å². The molecule has 0 saturated carbocycles. The van der Waals surface area contributed by atoms with Gasteiger partial charge in [0.1, 0.15) is 16.6 Å². The SMILES string of the molecule is COC(=O)c1ccc(N2CC(O)=C(c3nc(-c4ccc(C)c(C)c4)cs3)C2=N)cc1. The van der Waals surface area contributed by atoms with Crippen molar-refractivity contribution < 1.29 is 14.6 Å². The number of rotatable bonds is 4. The molecule has 0 saturated heterocycles. The maximum atomic E-state index is 11.6. The third-order valence-electron chi connectivity index (χ3n) is 5.22. The van der Waals surface area contributed by atoms with Gasteiger partial charge in [-0.2, -0.15) is 0 Å². The smallest absolute Gasteiger partial charge is 0.337 e. The number of amidine groups is 1. The number of aromatic nitrogens is 1. The third kappa shape index (κ3) is 3.48. The summed E-state index contributed by atoms with van der Waals surface area (Å²) in [5, 5.41) is 21.7. The number of hydrogen-bond donors (Lipinski definition) is 2. The molecule has 30 heavy (non-hydrogen) atoms. The first kappa shape index (κ1) is 19.8. The Bertz CT molecular complexity index is 1180. The van der Waals surface area contributed by atoms with Crippen molar-refractivity contribution >= 4 is 34.4 Å². The van der Waals surface area contributed by atoms with Gasteiger partial charge in [0.15, 0.2) is 0 Å². The van der Waals surface area contributed by atoms with Crippen LogP contribution in [0.2, 0.25) is 0 Å². The van der Waals surface area contributed by atoms with Gasteiger partial charge in [0.25, 0.3) is 0 Å². The normalized spacial score (nSPS) is 13.8. The van der Waals surface area contributed by atoms with Gasteiger partial charge in [-0.05, 0) is 55.3 Å². The van der Waals surface area contributed by atoms with Crippen LogP contribution in [0.4, 0.5) is 5.69 Å². The van der Waals surface area contributed by atoms with E-state index in [-0.39, 0.29) is 18.1 Å². The van der Waals surface area contributed by atoms with Gasteiger partial charge in [-0.1, -0.05) is 12.1 Å². The van der Waals surface area contributed by atoms with Gasteiger partial charge in [-0.3, -0.25) is 5.41 Å². The van der Waals surface area contributed by atoms with Crippen LogP contribution in [0.5, 0.6) is 0 Å². The van der Waals surface area contributed by atoms with Crippen molar-refractivity contribution in [1.29, 1.82) is 5.41 Å². The van der Waals surface area contributed by atoms with Crippen LogP contribution in [-0.2, 0) is 4.74 Å². The van der Waals surface area contributed by atoms with E-state index in [0.29, 0.717) is 21.8 Å². The van der Waals surface area contributed by atoms with Crippen molar-refractivity contribution in [2.24, 2.45) is 0 Å². The molecule has 2 heterocycles. The van der Waals surface area contributed by atoms with Crippen LogP contribution in [0.15, 0.2) is 53.6 Å². The molecular formula is C23H21N3O3S. The van der Waals surface area contributed by atoms with Crippen molar-refractivity contribution in [2.75, 3.05) is 18.6 Å². The molecule has 2 aromatic carbocycles. The minimum Gasteiger partial charge on any atom is -0.510 e. The standard InChI is InChI=1S/C23H21N3O3S/c1-13-4-5-16(10-14(13)2)18-12-30-22(25-18)20-19(27)11-26(21(20)24)17-8-6-15(7-9-17)23(28)29-3/h4-10,12,24,27H,11H2,1-3H3. The predicted octanol–water partition coefficient (Wildman–Crippen LogP) is 4.98. The molecule has 0 spiro atoms. The highest BCUT2D eigenvalue weighted by Gasteiger charge is 2.31. The Kier molecular flexibility index (Phi) is 5.13. The molecular weight excluding hydrogens is 398 g/mol. The molecule has 3 aromatic rings. The number of esters is 1. The summed E-state index contributed by atoms with van der Waals surface area (Å²) < 4.78 is 4.72. The highest BCUT2D eigenvalue weighted by atomic mass is 32.1. The summed E-state index contributed by atoms with van der Waals surface area (Å²) >= 11 is 1.41. The Labute approximate surface area is 178 Å². The van der Waals surface area contributed by atoms with E-state index < -0.39 is 5.97 Å². The molecule has 1 aromatic heterocycles. The molecule has 0 unspecified atom stereocenters. The third-order valence-corrected chi connectivity index (χ3v) is 6.08. The Morgan fingerprint density at radius 2 is 1.90 bits per heavy atom. The molecule has 0 atom stereocenters. The van der Waals surface area contributed by atoms with Crippen molar-refractivity contribution in [3.05, 3.63) is 75.3 Å². The average molecular weight is 420 g/mol. The van der Waals surface area contributed by atoms with E-state index in [1.54, 1.807) is 29.2 Å². The van der Waals surface area contributed by atoms with Crippen molar-refractivity contribution in [3.8, 4) is 11.3 Å². The Morgan fingerprint density at radius 1 is 1.17 bits per heavy atom. The van der Waals surface area contributed by atoms with Crippen LogP contribution in [0.3, 0.4) is 0 Å². The molecule has 0 radical (unpaired) electrons. The van der Waals surface area contributed by atoms with Crippen molar-refractivity contribution in [2.45, 2.75) is 13.8 Å². The van der Waals surface area contributed by atoms with Crippen LogP contribution in [0.25, 0.3) is 16.8 Å². The molecule has 0 aliphatic carbocycles. The van der Waals surface area contributed by atoms with Crippen molar-refractivity contribution in [3.63, 3.8) is 0 Å². The number of carbonyl (C=O) groups is 1. The average Bonchev–Trinajstić information content (AvgIpc) is 3.33. The Morgan fingerprint density at radius 3 is 2.57 bits per heavy atom. The Hall–Kier alpha value is -3.45. The van der Waals surface area contributed by atoms with Gasteiger partial charge in [0.05, 0.1) is 30.5 Å². The number of benzene rings is 2. The summed E-state index contributed by atoms with van der Waals surface area (Å²) in [4.78, 5) is 18.0. The number of thiazole rings is 1. The molecule has 2 N–H and O–H groups in total. The molecule has 6 nitrogen and oxygen atoms in total. The largest absolute Gasteiger partial charge is 0.510 e. The molecule has 1 aliphatic heterocycles. The number of anilines is 1. The predicted molar refractivity (Wildman–Crippen MR) is 119 cm³/mol. The van der Waals surface area contributed by atoms with E-state index in [0.717, 1.165) is 11.3 Å². The van der Waals surface area contributed by atoms with Gasteiger partial charge < -0.3 is 14.7 Å². The van der Waals surface area contributed by atoms with Crippen LogP contribution in [0, 0.1) is 19.3 Å². The lowest BCUT2D eigenvalue weighted by molar-refractivity contribution is 0.0600. The highest BCUT2D eigenvalue weighted by Crippen LogP contribution is 2.34. The summed E-state index contributed by atoms with van der Waals surface area (Å²) in [6, 6.07) is 13.0. The number of aliphatic hydroxyl groups excluding tert-OH is 1. The lowest BCUT2D eigenvalue weighted by Gasteiger charge is -2.18. The van der Waals surface area contributed by atoms with E-state index >= 15 is 0 Å². The molecule has 7 heteroatoms. The molecule has 4 rings (SSSR count). The summed E-state index contributed by atoms with van der Waals surface area (Å²) in [5.41, 5.74) is 5.84. The molecule has 0 fully saturated rings. The fourth-order valence-electron chi connectivity index (χ4n) is 3.34. The number of nitrogens with one attached hydrogen (secondary N) is 1. The first-order valence-electron chi connectivity index (χ1n) is 9.39. The maximum Gasteiger partial charge on any atom is 0.337 e. The molecule has 0 amide bonds. The quantitative estimate of drug-likeness (QED) is 0.583. The first-order chi connectivity index (χ1) is 14.4. The number of hydrogen-bond acceptors (Lipinski definition) is 6. The second-order valence-electron chi connectivity index (χ2n) is 7.13. The number of methoxy groups -OCH3 is 1. The lowest BCUT2D eigenvalue weighted by atomic mass is 10.1. The maximum absolute atomic E-state index is 11.6. The lowest BCUT2D eigenvalue weighted by Crippen LogP contribution is -2.26. The van der Waals surface area contributed by atoms with Crippen LogP contribution in [-0.4, -0.2) is 35.5 Å². The zero-order valence-corrected chi connectivity index (χ0v) is 17.7. The topological polar surface area (TPSA) is 86.5 Å². The molecule has 0 bridgehead atoms. The zero-order valence-electron chi connectivity index (χ0n) is 16.9. The second kappa shape index (κ2) is 7.76. The zero-order chi connectivity index (χ0) is 21.4. The summed E-state index contributed by atoms with van der Waals surface area (Å²) in [5.74, 6) is -0.126. The van der Waals surface area contributed by atoms with E-state index in [9.17, 15) is 9.90 Å². The van der Waals surface area contributed by atoms with Crippen molar-refractivity contribution in [1.82, 2.24) is 4.98 Å². The van der Waals surface area contributed by atoms with E-state index in [1.165, 1.54) is 29.6 Å². The van der Waals surface area contributed by atoms with Gasteiger partial charge >= 0.3 is 5.97 Å². The number of carbonyl (C=O) groups excluding carboxylic acids is 1.